The quantitative estimate of drug-likeness (QED) is 0.665. The molecule has 0 atom stereocenters. The van der Waals surface area contributed by atoms with Crippen LogP contribution in [0.2, 0.25) is 0 Å². The van der Waals surface area contributed by atoms with Gasteiger partial charge in [0.25, 0.3) is 0 Å². The minimum atomic E-state index is 0.368. The monoisotopic (exact) mass is 316 g/mol. The van der Waals surface area contributed by atoms with Crippen LogP contribution >= 0.6 is 12.2 Å². The summed E-state index contributed by atoms with van der Waals surface area (Å²) in [5, 5.41) is 3.61. The molecule has 0 fully saturated rings. The van der Waals surface area contributed by atoms with E-state index < -0.39 is 0 Å². The van der Waals surface area contributed by atoms with Crippen LogP contribution in [0.1, 0.15) is 29.4 Å². The fourth-order valence-electron chi connectivity index (χ4n) is 2.00. The molecular weight excluding hydrogens is 296 g/mol. The van der Waals surface area contributed by atoms with Gasteiger partial charge >= 0.3 is 0 Å². The lowest BCUT2D eigenvalue weighted by molar-refractivity contribution is 0.337. The van der Waals surface area contributed by atoms with Crippen molar-refractivity contribution in [2.24, 2.45) is 0 Å². The molecule has 0 saturated carbocycles. The second-order valence-electron chi connectivity index (χ2n) is 5.05. The number of nitrogens with one attached hydrogen (secondary N) is 1. The van der Waals surface area contributed by atoms with Crippen LogP contribution in [-0.2, 0) is 4.74 Å². The van der Waals surface area contributed by atoms with Gasteiger partial charge in [-0.1, -0.05) is 0 Å². The van der Waals surface area contributed by atoms with Crippen molar-refractivity contribution >= 4 is 34.5 Å². The summed E-state index contributed by atoms with van der Waals surface area (Å²) in [6.45, 7) is 8.27. The minimum Gasteiger partial charge on any atom is -0.483 e. The van der Waals surface area contributed by atoms with Crippen LogP contribution in [0.4, 0.5) is 17.2 Å². The Balaban J connectivity index is 2.42. The summed E-state index contributed by atoms with van der Waals surface area (Å²) in [5.41, 5.74) is 10.5. The second-order valence-corrected chi connectivity index (χ2v) is 5.42. The second kappa shape index (κ2) is 6.70. The summed E-state index contributed by atoms with van der Waals surface area (Å²) in [6.07, 6.45) is 1.67. The van der Waals surface area contributed by atoms with Gasteiger partial charge in [-0.05, 0) is 63.2 Å². The Morgan fingerprint density at radius 2 is 1.95 bits per heavy atom. The predicted molar refractivity (Wildman–Crippen MR) is 93.7 cm³/mol. The SMILES string of the molecule is CCOC(=S)c1cnc(C)nc1Nc1cc(C)c(C)cc1N. The van der Waals surface area contributed by atoms with E-state index in [4.69, 9.17) is 22.7 Å². The van der Waals surface area contributed by atoms with Gasteiger partial charge < -0.3 is 15.8 Å². The maximum absolute atomic E-state index is 6.09. The molecule has 5 nitrogen and oxygen atoms in total. The molecule has 0 spiro atoms. The molecule has 0 radical (unpaired) electrons. The van der Waals surface area contributed by atoms with Crippen molar-refractivity contribution in [3.63, 3.8) is 0 Å². The molecule has 0 bridgehead atoms. The van der Waals surface area contributed by atoms with E-state index in [1.165, 1.54) is 0 Å². The summed E-state index contributed by atoms with van der Waals surface area (Å²) in [4.78, 5) is 8.61. The van der Waals surface area contributed by atoms with Crippen molar-refractivity contribution in [3.8, 4) is 0 Å². The van der Waals surface area contributed by atoms with Gasteiger partial charge in [-0.3, -0.25) is 0 Å². The number of rotatable bonds is 4. The number of aromatic nitrogens is 2. The minimum absolute atomic E-state index is 0.368. The Hall–Kier alpha value is -2.21. The summed E-state index contributed by atoms with van der Waals surface area (Å²) < 4.78 is 5.40. The Bertz CT molecular complexity index is 716. The lowest BCUT2D eigenvalue weighted by Gasteiger charge is -2.15. The average Bonchev–Trinajstić information content (AvgIpc) is 2.45. The Labute approximate surface area is 135 Å². The Kier molecular flexibility index (Phi) is 4.92. The third-order valence-electron chi connectivity index (χ3n) is 3.32. The molecule has 0 aliphatic carbocycles. The summed E-state index contributed by atoms with van der Waals surface area (Å²) in [6, 6.07) is 3.93. The first kappa shape index (κ1) is 16.2. The first-order chi connectivity index (χ1) is 10.4. The number of thiocarbonyl (C=S) groups is 1. The first-order valence-electron chi connectivity index (χ1n) is 7.07. The highest BCUT2D eigenvalue weighted by atomic mass is 32.1. The van der Waals surface area contributed by atoms with Gasteiger partial charge in [0.15, 0.2) is 5.05 Å². The topological polar surface area (TPSA) is 73.1 Å². The molecule has 0 unspecified atom stereocenters. The van der Waals surface area contributed by atoms with E-state index in [1.54, 1.807) is 6.20 Å². The Morgan fingerprint density at radius 1 is 1.27 bits per heavy atom. The molecule has 1 heterocycles. The van der Waals surface area contributed by atoms with E-state index in [-0.39, 0.29) is 0 Å². The van der Waals surface area contributed by atoms with E-state index in [2.05, 4.69) is 15.3 Å². The number of hydrogen-bond acceptors (Lipinski definition) is 6. The molecular formula is C16H20N4OS. The molecule has 3 N–H and O–H groups in total. The molecule has 1 aromatic heterocycles. The van der Waals surface area contributed by atoms with Crippen molar-refractivity contribution < 1.29 is 4.74 Å². The smallest absolute Gasteiger partial charge is 0.196 e. The van der Waals surface area contributed by atoms with Crippen molar-refractivity contribution in [3.05, 3.63) is 40.8 Å². The van der Waals surface area contributed by atoms with Crippen LogP contribution in [0.5, 0.6) is 0 Å². The van der Waals surface area contributed by atoms with Gasteiger partial charge in [-0.25, -0.2) is 9.97 Å². The van der Waals surface area contributed by atoms with Crippen molar-refractivity contribution in [1.29, 1.82) is 0 Å². The number of hydrogen-bond donors (Lipinski definition) is 2. The number of ether oxygens (including phenoxy) is 1. The third kappa shape index (κ3) is 3.51. The maximum atomic E-state index is 6.09. The first-order valence-corrected chi connectivity index (χ1v) is 7.47. The molecule has 2 aromatic rings. The highest BCUT2D eigenvalue weighted by molar-refractivity contribution is 7.80. The van der Waals surface area contributed by atoms with Gasteiger partial charge in [-0.2, -0.15) is 0 Å². The molecule has 0 aliphatic heterocycles. The number of nitrogens with zero attached hydrogens (tertiary/aromatic N) is 2. The highest BCUT2D eigenvalue weighted by Gasteiger charge is 2.13. The lowest BCUT2D eigenvalue weighted by atomic mass is 10.1. The van der Waals surface area contributed by atoms with Gasteiger partial charge in [0.2, 0.25) is 0 Å². The van der Waals surface area contributed by atoms with Crippen molar-refractivity contribution in [2.75, 3.05) is 17.7 Å². The summed E-state index contributed by atoms with van der Waals surface area (Å²) in [7, 11) is 0. The number of anilines is 3. The zero-order valence-corrected chi connectivity index (χ0v) is 14.0. The lowest BCUT2D eigenvalue weighted by Crippen LogP contribution is -2.11. The maximum Gasteiger partial charge on any atom is 0.196 e. The van der Waals surface area contributed by atoms with Crippen LogP contribution in [0.3, 0.4) is 0 Å². The van der Waals surface area contributed by atoms with Crippen LogP contribution in [0.25, 0.3) is 0 Å². The van der Waals surface area contributed by atoms with E-state index in [0.29, 0.717) is 34.6 Å². The molecule has 1 aromatic carbocycles. The summed E-state index contributed by atoms with van der Waals surface area (Å²) in [5.74, 6) is 1.24. The number of nitrogens with two attached hydrogens (primary N) is 1. The number of nitrogen functional groups attached to an aromatic ring is 1. The fourth-order valence-corrected chi connectivity index (χ4v) is 2.27. The molecule has 22 heavy (non-hydrogen) atoms. The fraction of sp³-hybridized carbons (Fsp3) is 0.312. The molecule has 116 valence electrons. The molecule has 0 aliphatic rings. The van der Waals surface area contributed by atoms with Gasteiger partial charge in [0.05, 0.1) is 23.5 Å². The predicted octanol–water partition coefficient (Wildman–Crippen LogP) is 3.44. The van der Waals surface area contributed by atoms with Crippen LogP contribution in [-0.4, -0.2) is 21.6 Å². The third-order valence-corrected chi connectivity index (χ3v) is 3.66. The van der Waals surface area contributed by atoms with E-state index in [1.807, 2.05) is 39.8 Å². The van der Waals surface area contributed by atoms with Crippen molar-refractivity contribution in [2.45, 2.75) is 27.7 Å². The van der Waals surface area contributed by atoms with Gasteiger partial charge in [0.1, 0.15) is 11.6 Å². The normalized spacial score (nSPS) is 10.4. The molecule has 2 rings (SSSR count). The largest absolute Gasteiger partial charge is 0.483 e. The highest BCUT2D eigenvalue weighted by Crippen LogP contribution is 2.27. The van der Waals surface area contributed by atoms with Crippen molar-refractivity contribution in [1.82, 2.24) is 9.97 Å². The molecule has 0 amide bonds. The molecule has 0 saturated heterocycles. The summed E-state index contributed by atoms with van der Waals surface area (Å²) >= 11 is 5.27. The average molecular weight is 316 g/mol. The number of benzene rings is 1. The van der Waals surface area contributed by atoms with Crippen LogP contribution in [0.15, 0.2) is 18.3 Å². The standard InChI is InChI=1S/C16H20N4OS/c1-5-21-16(22)12-8-18-11(4)19-15(12)20-14-7-10(3)9(2)6-13(14)17/h6-8H,5,17H2,1-4H3,(H,18,19,20). The van der Waals surface area contributed by atoms with E-state index >= 15 is 0 Å². The van der Waals surface area contributed by atoms with Crippen LogP contribution in [0, 0.1) is 20.8 Å². The van der Waals surface area contributed by atoms with E-state index in [9.17, 15) is 0 Å². The molecule has 6 heteroatoms. The Morgan fingerprint density at radius 3 is 2.64 bits per heavy atom. The van der Waals surface area contributed by atoms with Gasteiger partial charge in [-0.15, -0.1) is 0 Å². The van der Waals surface area contributed by atoms with E-state index in [0.717, 1.165) is 16.8 Å². The number of aryl methyl sites for hydroxylation is 3. The van der Waals surface area contributed by atoms with Gasteiger partial charge in [0, 0.05) is 6.20 Å². The zero-order valence-electron chi connectivity index (χ0n) is 13.2. The zero-order chi connectivity index (χ0) is 16.3. The van der Waals surface area contributed by atoms with Crippen LogP contribution < -0.4 is 11.1 Å².